The average Bonchev–Trinajstić information content (AvgIpc) is 3.25. The molecule has 2 aromatic rings. The van der Waals surface area contributed by atoms with Gasteiger partial charge < -0.3 is 25.6 Å². The van der Waals surface area contributed by atoms with E-state index in [0.29, 0.717) is 23.3 Å². The highest BCUT2D eigenvalue weighted by molar-refractivity contribution is 7.89. The Morgan fingerprint density at radius 3 is 2.52 bits per heavy atom. The normalized spacial score (nSPS) is 19.1. The zero-order chi connectivity index (χ0) is 34.8. The maximum Gasteiger partial charge on any atom is 0.352 e. The predicted molar refractivity (Wildman–Crippen MR) is 181 cm³/mol. The zero-order valence-electron chi connectivity index (χ0n) is 27.4. The molecule has 46 heavy (non-hydrogen) atoms. The van der Waals surface area contributed by atoms with Gasteiger partial charge in [0.1, 0.15) is 16.8 Å². The van der Waals surface area contributed by atoms with Crippen LogP contribution >= 0.6 is 22.9 Å². The number of carbonyl (C=O) groups is 2. The Kier molecular flexibility index (Phi) is 12.0. The number of nitrogens with one attached hydrogen (secondary N) is 1. The van der Waals surface area contributed by atoms with Crippen molar-refractivity contribution in [3.8, 4) is 16.2 Å². The van der Waals surface area contributed by atoms with Gasteiger partial charge in [-0.1, -0.05) is 37.2 Å². The van der Waals surface area contributed by atoms with Gasteiger partial charge in [-0.25, -0.2) is 22.4 Å². The van der Waals surface area contributed by atoms with E-state index >= 15 is 0 Å². The highest BCUT2D eigenvalue weighted by Gasteiger charge is 2.42. The second-order valence-corrected chi connectivity index (χ2v) is 16.7. The van der Waals surface area contributed by atoms with E-state index in [9.17, 15) is 22.4 Å². The molecule has 0 radical (unpaired) electrons. The molecule has 1 unspecified atom stereocenters. The number of piperidine rings is 1. The van der Waals surface area contributed by atoms with Crippen LogP contribution in [-0.4, -0.2) is 78.1 Å². The fourth-order valence-electron chi connectivity index (χ4n) is 5.38. The third-order valence-corrected chi connectivity index (χ3v) is 11.6. The first-order valence-corrected chi connectivity index (χ1v) is 17.8. The van der Waals surface area contributed by atoms with Gasteiger partial charge in [-0.3, -0.25) is 0 Å². The van der Waals surface area contributed by atoms with Crippen LogP contribution in [0.25, 0.3) is 10.4 Å². The molecule has 2 heterocycles. The number of aliphatic carboxylic acids is 1. The molecule has 3 rings (SSSR count). The number of hydrogen-bond donors (Lipinski definition) is 3. The van der Waals surface area contributed by atoms with Crippen LogP contribution in [0.15, 0.2) is 36.4 Å². The van der Waals surface area contributed by atoms with Crippen molar-refractivity contribution in [2.24, 2.45) is 11.7 Å². The molecule has 4 atom stereocenters. The van der Waals surface area contributed by atoms with Gasteiger partial charge in [0.2, 0.25) is 10.0 Å². The fourth-order valence-corrected chi connectivity index (χ4v) is 8.84. The van der Waals surface area contributed by atoms with Crippen LogP contribution in [0.2, 0.25) is 5.02 Å². The Morgan fingerprint density at radius 1 is 1.30 bits per heavy atom. The predicted octanol–water partition coefficient (Wildman–Crippen LogP) is 6.35. The fraction of sp³-hybridized carbons (Fsp3) is 0.562. The highest BCUT2D eigenvalue weighted by atomic mass is 35.5. The third-order valence-electron chi connectivity index (χ3n) is 7.80. The van der Waals surface area contributed by atoms with Crippen LogP contribution in [0.5, 0.6) is 5.75 Å². The van der Waals surface area contributed by atoms with Crippen LogP contribution < -0.4 is 15.8 Å². The van der Waals surface area contributed by atoms with Gasteiger partial charge in [0.05, 0.1) is 10.6 Å². The standard InChI is InChI=1S/C32H45ClFN3O7S2/c1-18(26(35)19(2)20(3)34)17-46(41,42)37-13-12-23(15-32(37,7)8)36-22-11-9-10-21(14-22)28-25(33)27(43-16-24(38)39)29(45-28)30(40)44-31(4,5)6/h9-11,14,19-20,23,26,36H,1,12-13,15-17,35H2,2-8H3,(H,38,39)/t19-,20+,23+,26?/m1/s1. The van der Waals surface area contributed by atoms with Gasteiger partial charge in [0, 0.05) is 35.8 Å². The number of sulfonamides is 1. The number of benzene rings is 1. The second-order valence-electron chi connectivity index (χ2n) is 13.4. The summed E-state index contributed by atoms with van der Waals surface area (Å²) in [7, 11) is -3.76. The molecule has 1 aliphatic rings. The Hall–Kier alpha value is -2.71. The molecule has 0 saturated carbocycles. The summed E-state index contributed by atoms with van der Waals surface area (Å²) in [6.45, 7) is 15.4. The number of thiophene rings is 1. The number of carboxylic acid groups (broad SMARTS) is 1. The van der Waals surface area contributed by atoms with Crippen LogP contribution in [0.4, 0.5) is 10.1 Å². The van der Waals surface area contributed by atoms with Crippen molar-refractivity contribution < 1.29 is 37.0 Å². The van der Waals surface area contributed by atoms with Crippen LogP contribution in [-0.2, 0) is 19.6 Å². The number of anilines is 1. The number of alkyl halides is 1. The van der Waals surface area contributed by atoms with Gasteiger partial charge in [0.15, 0.2) is 17.2 Å². The number of hydrogen-bond acceptors (Lipinski definition) is 9. The minimum atomic E-state index is -3.76. The Labute approximate surface area is 280 Å². The van der Waals surface area contributed by atoms with Crippen molar-refractivity contribution in [3.63, 3.8) is 0 Å². The number of ether oxygens (including phenoxy) is 2. The van der Waals surface area contributed by atoms with E-state index in [0.717, 1.165) is 17.0 Å². The molecule has 4 N–H and O–H groups in total. The Bertz CT molecular complexity index is 1550. The number of nitrogens with zero attached hydrogens (tertiary/aromatic N) is 1. The number of esters is 1. The molecular weight excluding hydrogens is 657 g/mol. The zero-order valence-corrected chi connectivity index (χ0v) is 29.7. The first kappa shape index (κ1) is 37.7. The molecule has 1 saturated heterocycles. The van der Waals surface area contributed by atoms with E-state index in [1.54, 1.807) is 27.7 Å². The molecule has 0 amide bonds. The summed E-state index contributed by atoms with van der Waals surface area (Å²) in [5.74, 6) is -2.86. The quantitative estimate of drug-likeness (QED) is 0.161. The summed E-state index contributed by atoms with van der Waals surface area (Å²) in [6.07, 6.45) is -0.164. The maximum atomic E-state index is 13.8. The van der Waals surface area contributed by atoms with E-state index in [-0.39, 0.29) is 39.6 Å². The summed E-state index contributed by atoms with van der Waals surface area (Å²) < 4.78 is 53.1. The van der Waals surface area contributed by atoms with E-state index < -0.39 is 57.8 Å². The van der Waals surface area contributed by atoms with E-state index in [4.69, 9.17) is 31.9 Å². The van der Waals surface area contributed by atoms with Crippen LogP contribution in [0.3, 0.4) is 0 Å². The van der Waals surface area contributed by atoms with Gasteiger partial charge in [-0.05, 0) is 77.7 Å². The lowest BCUT2D eigenvalue weighted by atomic mass is 9.89. The molecule has 1 aromatic heterocycles. The summed E-state index contributed by atoms with van der Waals surface area (Å²) in [5.41, 5.74) is 6.29. The van der Waals surface area contributed by atoms with Crippen LogP contribution in [0, 0.1) is 5.92 Å². The van der Waals surface area contributed by atoms with Crippen molar-refractivity contribution in [1.82, 2.24) is 4.31 Å². The third kappa shape index (κ3) is 9.43. The van der Waals surface area contributed by atoms with E-state index in [1.807, 2.05) is 38.1 Å². The molecule has 1 aliphatic heterocycles. The molecule has 14 heteroatoms. The van der Waals surface area contributed by atoms with Crippen molar-refractivity contribution >= 4 is 50.6 Å². The van der Waals surface area contributed by atoms with Crippen molar-refractivity contribution in [2.75, 3.05) is 24.2 Å². The number of rotatable bonds is 13. The average molecular weight is 702 g/mol. The van der Waals surface area contributed by atoms with Crippen molar-refractivity contribution in [2.45, 2.75) is 90.7 Å². The number of carboxylic acids is 1. The Balaban J connectivity index is 1.80. The number of nitrogens with two attached hydrogens (primary N) is 1. The first-order chi connectivity index (χ1) is 21.1. The summed E-state index contributed by atoms with van der Waals surface area (Å²) >= 11 is 7.71. The van der Waals surface area contributed by atoms with Crippen molar-refractivity contribution in [3.05, 3.63) is 46.3 Å². The molecule has 10 nitrogen and oxygen atoms in total. The van der Waals surface area contributed by atoms with Crippen LogP contribution in [0.1, 0.15) is 71.0 Å². The minimum Gasteiger partial charge on any atom is -0.479 e. The SMILES string of the molecule is C=C(CS(=O)(=O)N1CC[C@H](Nc2cccc(-c3sc(C(=O)OC(C)(C)C)c(OCC(=O)O)c3Cl)c2)CC1(C)C)C(N)[C@H](C)[C@H](C)F. The van der Waals surface area contributed by atoms with E-state index in [2.05, 4.69) is 11.9 Å². The van der Waals surface area contributed by atoms with Gasteiger partial charge in [0.25, 0.3) is 0 Å². The molecule has 0 bridgehead atoms. The maximum absolute atomic E-state index is 13.8. The lowest BCUT2D eigenvalue weighted by Crippen LogP contribution is -2.56. The molecule has 0 aliphatic carbocycles. The smallest absolute Gasteiger partial charge is 0.352 e. The molecule has 0 spiro atoms. The molecule has 1 fully saturated rings. The van der Waals surface area contributed by atoms with Gasteiger partial charge in [-0.2, -0.15) is 4.31 Å². The lowest BCUT2D eigenvalue weighted by Gasteiger charge is -2.45. The number of carbonyl (C=O) groups excluding carboxylic acids is 1. The molecule has 256 valence electrons. The topological polar surface area (TPSA) is 148 Å². The largest absolute Gasteiger partial charge is 0.479 e. The molecule has 1 aromatic carbocycles. The highest BCUT2D eigenvalue weighted by Crippen LogP contribution is 2.46. The summed E-state index contributed by atoms with van der Waals surface area (Å²) in [4.78, 5) is 24.7. The van der Waals surface area contributed by atoms with Gasteiger partial charge >= 0.3 is 11.9 Å². The van der Waals surface area contributed by atoms with E-state index in [1.165, 1.54) is 11.2 Å². The second kappa shape index (κ2) is 14.6. The van der Waals surface area contributed by atoms with Gasteiger partial charge in [-0.15, -0.1) is 11.3 Å². The molecular formula is C32H45ClFN3O7S2. The lowest BCUT2D eigenvalue weighted by molar-refractivity contribution is -0.139. The first-order valence-electron chi connectivity index (χ1n) is 15.0. The van der Waals surface area contributed by atoms with Crippen molar-refractivity contribution in [1.29, 1.82) is 0 Å². The Morgan fingerprint density at radius 2 is 1.96 bits per heavy atom. The number of halogens is 2. The minimum absolute atomic E-state index is 0.0516. The summed E-state index contributed by atoms with van der Waals surface area (Å²) in [6, 6.07) is 6.50. The summed E-state index contributed by atoms with van der Waals surface area (Å²) in [5, 5.41) is 12.7. The monoisotopic (exact) mass is 701 g/mol.